The number of hydrogen-bond donors (Lipinski definition) is 2. The summed E-state index contributed by atoms with van der Waals surface area (Å²) in [6.45, 7) is 1.49. The Hall–Kier alpha value is -4.05. The summed E-state index contributed by atoms with van der Waals surface area (Å²) in [6.07, 6.45) is 5.96. The first-order chi connectivity index (χ1) is 17.4. The van der Waals surface area contributed by atoms with Crippen LogP contribution >= 0.6 is 11.3 Å². The number of anilines is 1. The van der Waals surface area contributed by atoms with E-state index in [4.69, 9.17) is 9.47 Å². The Bertz CT molecular complexity index is 1460. The number of pyridine rings is 1. The second-order valence-electron chi connectivity index (χ2n) is 8.50. The van der Waals surface area contributed by atoms with E-state index in [1.165, 1.54) is 25.4 Å². The molecule has 5 rings (SSSR count). The molecule has 1 amide bonds. The molecule has 184 valence electrons. The lowest BCUT2D eigenvalue weighted by Gasteiger charge is -2.14. The van der Waals surface area contributed by atoms with Crippen LogP contribution in [0, 0.1) is 0 Å². The van der Waals surface area contributed by atoms with E-state index in [-0.39, 0.29) is 5.56 Å². The molecule has 0 fully saturated rings. The molecule has 2 N–H and O–H groups in total. The summed E-state index contributed by atoms with van der Waals surface area (Å²) in [7, 11) is 1.32. The molecule has 0 saturated heterocycles. The van der Waals surface area contributed by atoms with E-state index in [9.17, 15) is 14.4 Å². The summed E-state index contributed by atoms with van der Waals surface area (Å²) >= 11 is 1.38. The topological polar surface area (TPSA) is 123 Å². The van der Waals surface area contributed by atoms with Crippen LogP contribution in [0.2, 0.25) is 0 Å². The van der Waals surface area contributed by atoms with Gasteiger partial charge in [0.25, 0.3) is 5.91 Å². The van der Waals surface area contributed by atoms with Gasteiger partial charge < -0.3 is 19.8 Å². The number of esters is 2. The summed E-state index contributed by atoms with van der Waals surface area (Å²) in [4.78, 5) is 51.0. The molecule has 1 unspecified atom stereocenters. The quantitative estimate of drug-likeness (QED) is 0.370. The van der Waals surface area contributed by atoms with Gasteiger partial charge >= 0.3 is 11.9 Å². The maximum Gasteiger partial charge on any atom is 0.341 e. The lowest BCUT2D eigenvalue weighted by molar-refractivity contribution is -0.123. The molecule has 1 aliphatic carbocycles. The number of hydrogen-bond acceptors (Lipinski definition) is 8. The number of ether oxygens (including phenoxy) is 2. The van der Waals surface area contributed by atoms with E-state index in [0.29, 0.717) is 27.4 Å². The molecule has 10 heteroatoms. The minimum Gasteiger partial charge on any atom is -0.465 e. The van der Waals surface area contributed by atoms with Crippen molar-refractivity contribution in [1.82, 2.24) is 15.0 Å². The molecule has 1 atom stereocenters. The molecular formula is C26H24N4O5S. The number of aromatic amines is 1. The fourth-order valence-corrected chi connectivity index (χ4v) is 5.52. The third-order valence-electron chi connectivity index (χ3n) is 6.10. The summed E-state index contributed by atoms with van der Waals surface area (Å²) in [5.74, 6) is -1.01. The molecule has 9 nitrogen and oxygen atoms in total. The molecule has 4 aromatic rings. The summed E-state index contributed by atoms with van der Waals surface area (Å²) in [6, 6.07) is 8.66. The average molecular weight is 505 g/mol. The van der Waals surface area contributed by atoms with Crippen molar-refractivity contribution in [2.75, 3.05) is 12.4 Å². The Labute approximate surface area is 210 Å². The Morgan fingerprint density at radius 1 is 1.14 bits per heavy atom. The monoisotopic (exact) mass is 504 g/mol. The zero-order chi connectivity index (χ0) is 25.2. The van der Waals surface area contributed by atoms with E-state index < -0.39 is 23.9 Å². The van der Waals surface area contributed by atoms with Gasteiger partial charge in [-0.1, -0.05) is 0 Å². The lowest BCUT2D eigenvalue weighted by Crippen LogP contribution is -2.30. The van der Waals surface area contributed by atoms with Gasteiger partial charge in [0.1, 0.15) is 10.8 Å². The second-order valence-corrected chi connectivity index (χ2v) is 9.61. The molecule has 0 saturated carbocycles. The van der Waals surface area contributed by atoms with E-state index in [2.05, 4.69) is 20.3 Å². The highest BCUT2D eigenvalue weighted by atomic mass is 32.1. The van der Waals surface area contributed by atoms with Crippen molar-refractivity contribution in [3.8, 4) is 11.4 Å². The molecule has 0 bridgehead atoms. The number of carbonyl (C=O) groups is 3. The molecular weight excluding hydrogens is 480 g/mol. The highest BCUT2D eigenvalue weighted by Gasteiger charge is 2.28. The van der Waals surface area contributed by atoms with Gasteiger partial charge in [0.2, 0.25) is 0 Å². The first-order valence-corrected chi connectivity index (χ1v) is 12.4. The fraction of sp³-hybridized carbons (Fsp3) is 0.269. The van der Waals surface area contributed by atoms with Crippen LogP contribution in [-0.2, 0) is 27.1 Å². The summed E-state index contributed by atoms with van der Waals surface area (Å²) < 4.78 is 10.4. The number of aryl methyl sites for hydroxylation is 1. The third-order valence-corrected chi connectivity index (χ3v) is 7.31. The van der Waals surface area contributed by atoms with E-state index in [0.717, 1.165) is 41.7 Å². The highest BCUT2D eigenvalue weighted by Crippen LogP contribution is 2.38. The van der Waals surface area contributed by atoms with Crippen LogP contribution in [0.25, 0.3) is 22.4 Å². The second kappa shape index (κ2) is 9.90. The maximum atomic E-state index is 12.9. The Balaban J connectivity index is 1.30. The molecule has 0 radical (unpaired) electrons. The Kier molecular flexibility index (Phi) is 6.51. The molecule has 3 aromatic heterocycles. The van der Waals surface area contributed by atoms with E-state index in [1.54, 1.807) is 30.6 Å². The number of carbonyl (C=O) groups excluding carboxylic acids is 3. The first-order valence-electron chi connectivity index (χ1n) is 11.6. The smallest absolute Gasteiger partial charge is 0.341 e. The van der Waals surface area contributed by atoms with E-state index >= 15 is 0 Å². The largest absolute Gasteiger partial charge is 0.465 e. The Morgan fingerprint density at radius 3 is 2.75 bits per heavy atom. The van der Waals surface area contributed by atoms with Crippen LogP contribution in [0.5, 0.6) is 0 Å². The summed E-state index contributed by atoms with van der Waals surface area (Å²) in [5.41, 5.74) is 3.80. The number of nitrogens with zero attached hydrogens (tertiary/aromatic N) is 2. The lowest BCUT2D eigenvalue weighted by atomic mass is 9.95. The number of thiophene rings is 1. The van der Waals surface area contributed by atoms with Gasteiger partial charge in [0.05, 0.1) is 29.3 Å². The average Bonchev–Trinajstić information content (AvgIpc) is 3.49. The zero-order valence-electron chi connectivity index (χ0n) is 19.8. The van der Waals surface area contributed by atoms with Crippen molar-refractivity contribution in [3.63, 3.8) is 0 Å². The zero-order valence-corrected chi connectivity index (χ0v) is 20.6. The number of fused-ring (bicyclic) bond motifs is 2. The standard InChI is InChI=1S/C26H24N4O5S/c1-14(23(31)30-24-21(26(33)34-2)17-7-3-4-8-20(17)36-24)35-25(32)15-9-10-18-19(12-15)29-22(28-18)16-6-5-11-27-13-16/h5-6,9-14H,3-4,7-8H2,1-2H3,(H,28,29)(H,30,31). The van der Waals surface area contributed by atoms with Gasteiger partial charge in [0, 0.05) is 22.8 Å². The highest BCUT2D eigenvalue weighted by molar-refractivity contribution is 7.17. The van der Waals surface area contributed by atoms with Crippen molar-refractivity contribution in [1.29, 1.82) is 0 Å². The first kappa shape index (κ1) is 23.7. The number of rotatable bonds is 6. The number of amides is 1. The fourth-order valence-electron chi connectivity index (χ4n) is 4.24. The minimum atomic E-state index is -1.08. The number of imidazole rings is 1. The maximum absolute atomic E-state index is 12.9. The molecule has 36 heavy (non-hydrogen) atoms. The number of H-pyrrole nitrogens is 1. The predicted octanol–water partition coefficient (Wildman–Crippen LogP) is 4.54. The van der Waals surface area contributed by atoms with Crippen LogP contribution in [0.15, 0.2) is 42.7 Å². The minimum absolute atomic E-state index is 0.283. The normalized spacial score (nSPS) is 13.6. The van der Waals surface area contributed by atoms with E-state index in [1.807, 2.05) is 12.1 Å². The van der Waals surface area contributed by atoms with Crippen LogP contribution in [0.4, 0.5) is 5.00 Å². The van der Waals surface area contributed by atoms with Crippen LogP contribution in [0.3, 0.4) is 0 Å². The van der Waals surface area contributed by atoms with Crippen molar-refractivity contribution < 1.29 is 23.9 Å². The molecule has 1 aromatic carbocycles. The predicted molar refractivity (Wildman–Crippen MR) is 135 cm³/mol. The summed E-state index contributed by atoms with van der Waals surface area (Å²) in [5, 5.41) is 3.20. The number of aromatic nitrogens is 3. The van der Waals surface area contributed by atoms with Crippen molar-refractivity contribution in [2.24, 2.45) is 0 Å². The van der Waals surface area contributed by atoms with Crippen LogP contribution < -0.4 is 5.32 Å². The molecule has 0 aliphatic heterocycles. The van der Waals surface area contributed by atoms with Crippen molar-refractivity contribution >= 4 is 45.2 Å². The van der Waals surface area contributed by atoms with Gasteiger partial charge in [0.15, 0.2) is 6.10 Å². The number of nitrogens with one attached hydrogen (secondary N) is 2. The SMILES string of the molecule is COC(=O)c1c(NC(=O)C(C)OC(=O)c2ccc3nc(-c4cccnc4)[nH]c3c2)sc2c1CCCC2. The van der Waals surface area contributed by atoms with Gasteiger partial charge in [-0.05, 0) is 68.5 Å². The Morgan fingerprint density at radius 2 is 1.97 bits per heavy atom. The number of benzene rings is 1. The van der Waals surface area contributed by atoms with Crippen LogP contribution in [0.1, 0.15) is 50.9 Å². The molecule has 3 heterocycles. The van der Waals surface area contributed by atoms with Crippen molar-refractivity contribution in [2.45, 2.75) is 38.7 Å². The van der Waals surface area contributed by atoms with Gasteiger partial charge in [-0.15, -0.1) is 11.3 Å². The van der Waals surface area contributed by atoms with Gasteiger partial charge in [-0.2, -0.15) is 0 Å². The van der Waals surface area contributed by atoms with Crippen molar-refractivity contribution in [3.05, 3.63) is 64.3 Å². The third kappa shape index (κ3) is 4.59. The van der Waals surface area contributed by atoms with Gasteiger partial charge in [-0.25, -0.2) is 14.6 Å². The molecule has 1 aliphatic rings. The molecule has 0 spiro atoms. The van der Waals surface area contributed by atoms with Gasteiger partial charge in [-0.3, -0.25) is 9.78 Å². The number of methoxy groups -OCH3 is 1. The van der Waals surface area contributed by atoms with Crippen LogP contribution in [-0.4, -0.2) is 46.0 Å².